The van der Waals surface area contributed by atoms with Crippen molar-refractivity contribution in [2.24, 2.45) is 5.41 Å². The van der Waals surface area contributed by atoms with Crippen LogP contribution in [0.15, 0.2) is 0 Å². The molecule has 0 aromatic carbocycles. The quantitative estimate of drug-likeness (QED) is 0.686. The molecule has 0 saturated carbocycles. The maximum atomic E-state index is 13.2. The molecule has 1 rings (SSSR count). The number of halogens is 2. The SMILES string of the molecule is CC1CCC(F)(F)CN1CCC(C)(C)C. The van der Waals surface area contributed by atoms with E-state index in [-0.39, 0.29) is 18.4 Å². The zero-order valence-corrected chi connectivity index (χ0v) is 10.3. The topological polar surface area (TPSA) is 3.24 Å². The molecule has 1 aliphatic rings. The van der Waals surface area contributed by atoms with Crippen molar-refractivity contribution >= 4 is 0 Å². The van der Waals surface area contributed by atoms with E-state index in [9.17, 15) is 8.78 Å². The average Bonchev–Trinajstić information content (AvgIpc) is 2.05. The van der Waals surface area contributed by atoms with E-state index in [1.165, 1.54) is 0 Å². The van der Waals surface area contributed by atoms with Crippen LogP contribution in [0, 0.1) is 5.41 Å². The third-order valence-corrected chi connectivity index (χ3v) is 3.13. The fraction of sp³-hybridized carbons (Fsp3) is 1.00. The molecule has 0 spiro atoms. The van der Waals surface area contributed by atoms with Gasteiger partial charge in [0, 0.05) is 12.5 Å². The number of piperidine rings is 1. The predicted molar refractivity (Wildman–Crippen MR) is 59.3 cm³/mol. The summed E-state index contributed by atoms with van der Waals surface area (Å²) in [5.74, 6) is -2.47. The zero-order valence-electron chi connectivity index (χ0n) is 10.3. The monoisotopic (exact) mass is 219 g/mol. The van der Waals surface area contributed by atoms with Crippen LogP contribution >= 0.6 is 0 Å². The van der Waals surface area contributed by atoms with Crippen molar-refractivity contribution in [2.75, 3.05) is 13.1 Å². The van der Waals surface area contributed by atoms with Crippen molar-refractivity contribution < 1.29 is 8.78 Å². The summed E-state index contributed by atoms with van der Waals surface area (Å²) in [5, 5.41) is 0. The molecule has 15 heavy (non-hydrogen) atoms. The smallest absolute Gasteiger partial charge is 0.260 e. The predicted octanol–water partition coefficient (Wildman–Crippen LogP) is 3.54. The van der Waals surface area contributed by atoms with E-state index < -0.39 is 5.92 Å². The molecule has 0 radical (unpaired) electrons. The maximum absolute atomic E-state index is 13.2. The van der Waals surface area contributed by atoms with Crippen molar-refractivity contribution in [3.05, 3.63) is 0 Å². The number of likely N-dealkylation sites (tertiary alicyclic amines) is 1. The third-order valence-electron chi connectivity index (χ3n) is 3.13. The highest BCUT2D eigenvalue weighted by Gasteiger charge is 2.38. The highest BCUT2D eigenvalue weighted by Crippen LogP contribution is 2.31. The summed E-state index contributed by atoms with van der Waals surface area (Å²) in [7, 11) is 0. The van der Waals surface area contributed by atoms with Crippen LogP contribution in [0.25, 0.3) is 0 Å². The molecule has 0 bridgehead atoms. The molecule has 1 atom stereocenters. The van der Waals surface area contributed by atoms with E-state index >= 15 is 0 Å². The normalized spacial score (nSPS) is 28.0. The van der Waals surface area contributed by atoms with Gasteiger partial charge in [-0.25, -0.2) is 8.78 Å². The van der Waals surface area contributed by atoms with Crippen LogP contribution in [0.3, 0.4) is 0 Å². The zero-order chi connectivity index (χ0) is 11.7. The molecule has 1 nitrogen and oxygen atoms in total. The van der Waals surface area contributed by atoms with Gasteiger partial charge >= 0.3 is 0 Å². The molecule has 0 aromatic rings. The van der Waals surface area contributed by atoms with Gasteiger partial charge in [-0.2, -0.15) is 0 Å². The number of alkyl halides is 2. The Hall–Kier alpha value is -0.180. The van der Waals surface area contributed by atoms with Gasteiger partial charge in [-0.05, 0) is 31.7 Å². The van der Waals surface area contributed by atoms with Gasteiger partial charge < -0.3 is 0 Å². The molecular formula is C12H23F2N. The number of rotatable bonds is 2. The second-order valence-corrected chi connectivity index (χ2v) is 6.02. The highest BCUT2D eigenvalue weighted by atomic mass is 19.3. The van der Waals surface area contributed by atoms with Crippen molar-refractivity contribution in [3.8, 4) is 0 Å². The van der Waals surface area contributed by atoms with E-state index in [0.717, 1.165) is 13.0 Å². The van der Waals surface area contributed by atoms with Gasteiger partial charge in [-0.15, -0.1) is 0 Å². The van der Waals surface area contributed by atoms with E-state index in [2.05, 4.69) is 27.7 Å². The van der Waals surface area contributed by atoms with E-state index in [1.54, 1.807) is 0 Å². The van der Waals surface area contributed by atoms with Gasteiger partial charge in [-0.1, -0.05) is 20.8 Å². The molecule has 0 aliphatic carbocycles. The summed E-state index contributed by atoms with van der Waals surface area (Å²) in [6.07, 6.45) is 1.66. The van der Waals surface area contributed by atoms with Crippen LogP contribution in [0.2, 0.25) is 0 Å². The summed E-state index contributed by atoms with van der Waals surface area (Å²) in [6, 6.07) is 0.312. The lowest BCUT2D eigenvalue weighted by molar-refractivity contribution is -0.0815. The van der Waals surface area contributed by atoms with Gasteiger partial charge in [0.05, 0.1) is 6.54 Å². The first kappa shape index (κ1) is 12.9. The summed E-state index contributed by atoms with van der Waals surface area (Å²) in [4.78, 5) is 1.94. The van der Waals surface area contributed by atoms with Gasteiger partial charge in [0.15, 0.2) is 0 Å². The van der Waals surface area contributed by atoms with Crippen molar-refractivity contribution in [3.63, 3.8) is 0 Å². The first-order valence-corrected chi connectivity index (χ1v) is 5.81. The Morgan fingerprint density at radius 1 is 1.33 bits per heavy atom. The highest BCUT2D eigenvalue weighted by molar-refractivity contribution is 4.84. The molecule has 0 N–H and O–H groups in total. The minimum absolute atomic E-state index is 0.0513. The Morgan fingerprint density at radius 3 is 2.47 bits per heavy atom. The first-order valence-electron chi connectivity index (χ1n) is 5.81. The van der Waals surface area contributed by atoms with Gasteiger partial charge in [0.2, 0.25) is 0 Å². The Kier molecular flexibility index (Phi) is 3.75. The molecule has 1 aliphatic heterocycles. The molecule has 90 valence electrons. The summed E-state index contributed by atoms with van der Waals surface area (Å²) in [6.45, 7) is 9.25. The van der Waals surface area contributed by atoms with Crippen molar-refractivity contribution in [1.82, 2.24) is 4.90 Å². The minimum atomic E-state index is -2.47. The first-order chi connectivity index (χ1) is 6.70. The summed E-state index contributed by atoms with van der Waals surface area (Å²) < 4.78 is 26.4. The molecule has 3 heteroatoms. The molecule has 0 amide bonds. The van der Waals surface area contributed by atoms with Crippen molar-refractivity contribution in [1.29, 1.82) is 0 Å². The molecule has 0 aromatic heterocycles. The second kappa shape index (κ2) is 4.36. The van der Waals surface area contributed by atoms with Crippen LogP contribution in [0.4, 0.5) is 8.78 Å². The van der Waals surface area contributed by atoms with Gasteiger partial charge in [-0.3, -0.25) is 4.90 Å². The molecular weight excluding hydrogens is 196 g/mol. The van der Waals surface area contributed by atoms with Crippen LogP contribution < -0.4 is 0 Å². The largest absolute Gasteiger partial charge is 0.295 e. The fourth-order valence-corrected chi connectivity index (χ4v) is 1.91. The lowest BCUT2D eigenvalue weighted by Gasteiger charge is -2.38. The standard InChI is InChI=1S/C12H23F2N/c1-10-5-6-12(13,14)9-15(10)8-7-11(2,3)4/h10H,5-9H2,1-4H3. The Morgan fingerprint density at radius 2 is 1.93 bits per heavy atom. The van der Waals surface area contributed by atoms with E-state index in [0.29, 0.717) is 12.5 Å². The average molecular weight is 219 g/mol. The number of nitrogens with zero attached hydrogens (tertiary/aromatic N) is 1. The Balaban J connectivity index is 2.45. The molecule has 1 heterocycles. The molecule has 1 fully saturated rings. The fourth-order valence-electron chi connectivity index (χ4n) is 1.91. The molecule has 1 saturated heterocycles. The van der Waals surface area contributed by atoms with Crippen molar-refractivity contribution in [2.45, 2.75) is 58.9 Å². The van der Waals surface area contributed by atoms with Gasteiger partial charge in [0.25, 0.3) is 5.92 Å². The van der Waals surface area contributed by atoms with Crippen LogP contribution in [-0.4, -0.2) is 30.0 Å². The lowest BCUT2D eigenvalue weighted by Crippen LogP contribution is -2.48. The number of hydrogen-bond donors (Lipinski definition) is 0. The third kappa shape index (κ3) is 4.45. The van der Waals surface area contributed by atoms with Crippen LogP contribution in [-0.2, 0) is 0 Å². The van der Waals surface area contributed by atoms with Gasteiger partial charge in [0.1, 0.15) is 0 Å². The number of hydrogen-bond acceptors (Lipinski definition) is 1. The van der Waals surface area contributed by atoms with E-state index in [1.807, 2.05) is 4.90 Å². The lowest BCUT2D eigenvalue weighted by atomic mass is 9.91. The van der Waals surface area contributed by atoms with Crippen LogP contribution in [0.1, 0.15) is 47.0 Å². The molecule has 1 unspecified atom stereocenters. The second-order valence-electron chi connectivity index (χ2n) is 6.02. The summed E-state index contributed by atoms with van der Waals surface area (Å²) in [5.41, 5.74) is 0.229. The van der Waals surface area contributed by atoms with Crippen LogP contribution in [0.5, 0.6) is 0 Å². The van der Waals surface area contributed by atoms with E-state index in [4.69, 9.17) is 0 Å². The summed E-state index contributed by atoms with van der Waals surface area (Å²) >= 11 is 0. The minimum Gasteiger partial charge on any atom is -0.295 e. The maximum Gasteiger partial charge on any atom is 0.260 e. The Labute approximate surface area is 91.8 Å². The Bertz CT molecular complexity index is 208.